The Hall–Kier alpha value is -2.28. The van der Waals surface area contributed by atoms with E-state index in [1.807, 2.05) is 6.92 Å². The monoisotopic (exact) mass is 282 g/mol. The molecule has 0 radical (unpaired) electrons. The van der Waals surface area contributed by atoms with Gasteiger partial charge >= 0.3 is 12.0 Å². The molecular formula is C13H18N2O5. The third-order valence-electron chi connectivity index (χ3n) is 2.46. The summed E-state index contributed by atoms with van der Waals surface area (Å²) in [4.78, 5) is 22.4. The summed E-state index contributed by atoms with van der Waals surface area (Å²) in [5.41, 5.74) is 0.487. The summed E-state index contributed by atoms with van der Waals surface area (Å²) < 4.78 is 5.25. The van der Waals surface area contributed by atoms with Gasteiger partial charge in [0.1, 0.15) is 5.75 Å². The van der Waals surface area contributed by atoms with Crippen LogP contribution in [0.1, 0.15) is 13.8 Å². The third kappa shape index (κ3) is 4.77. The number of amides is 2. The van der Waals surface area contributed by atoms with Crippen molar-refractivity contribution in [1.29, 1.82) is 0 Å². The molecule has 2 amide bonds. The van der Waals surface area contributed by atoms with Crippen molar-refractivity contribution in [2.45, 2.75) is 26.0 Å². The van der Waals surface area contributed by atoms with Gasteiger partial charge in [0.25, 0.3) is 0 Å². The fourth-order valence-electron chi connectivity index (χ4n) is 1.50. The van der Waals surface area contributed by atoms with Gasteiger partial charge in [-0.2, -0.15) is 0 Å². The van der Waals surface area contributed by atoms with Crippen LogP contribution in [0.25, 0.3) is 0 Å². The molecule has 0 saturated carbocycles. The molecule has 0 fully saturated rings. The first-order chi connectivity index (χ1) is 9.43. The lowest BCUT2D eigenvalue weighted by Crippen LogP contribution is -2.49. The lowest BCUT2D eigenvalue weighted by Gasteiger charge is -2.17. The second-order valence-electron chi connectivity index (χ2n) is 4.11. The number of aliphatic hydroxyl groups is 1. The average Bonchev–Trinajstić information content (AvgIpc) is 2.38. The summed E-state index contributed by atoms with van der Waals surface area (Å²) in [7, 11) is 0. The molecule has 110 valence electrons. The Morgan fingerprint density at radius 3 is 2.35 bits per heavy atom. The van der Waals surface area contributed by atoms with E-state index < -0.39 is 24.1 Å². The Morgan fingerprint density at radius 2 is 1.90 bits per heavy atom. The van der Waals surface area contributed by atoms with E-state index in [9.17, 15) is 14.7 Å². The summed E-state index contributed by atoms with van der Waals surface area (Å²) in [5, 5.41) is 22.7. The number of nitrogens with one attached hydrogen (secondary N) is 2. The maximum Gasteiger partial charge on any atom is 0.328 e. The smallest absolute Gasteiger partial charge is 0.328 e. The number of benzene rings is 1. The number of hydrogen-bond acceptors (Lipinski definition) is 4. The number of rotatable bonds is 6. The van der Waals surface area contributed by atoms with E-state index in [-0.39, 0.29) is 0 Å². The lowest BCUT2D eigenvalue weighted by atomic mass is 10.2. The van der Waals surface area contributed by atoms with Crippen molar-refractivity contribution in [2.75, 3.05) is 11.9 Å². The van der Waals surface area contributed by atoms with E-state index in [1.54, 1.807) is 24.3 Å². The third-order valence-corrected chi connectivity index (χ3v) is 2.46. The first-order valence-corrected chi connectivity index (χ1v) is 6.15. The highest BCUT2D eigenvalue weighted by Gasteiger charge is 2.24. The van der Waals surface area contributed by atoms with Crippen LogP contribution in [-0.4, -0.2) is 41.0 Å². The van der Waals surface area contributed by atoms with Gasteiger partial charge in [0.15, 0.2) is 6.04 Å². The predicted octanol–water partition coefficient (Wildman–Crippen LogP) is 1.04. The highest BCUT2D eigenvalue weighted by atomic mass is 16.5. The Balaban J connectivity index is 2.59. The molecule has 7 nitrogen and oxygen atoms in total. The highest BCUT2D eigenvalue weighted by molar-refractivity contribution is 5.92. The van der Waals surface area contributed by atoms with Crippen LogP contribution < -0.4 is 15.4 Å². The molecule has 0 aromatic heterocycles. The number of anilines is 1. The van der Waals surface area contributed by atoms with Gasteiger partial charge in [-0.1, -0.05) is 0 Å². The van der Waals surface area contributed by atoms with Crippen molar-refractivity contribution >= 4 is 17.7 Å². The van der Waals surface area contributed by atoms with Gasteiger partial charge in [0, 0.05) is 5.69 Å². The number of carboxylic acid groups (broad SMARTS) is 1. The predicted molar refractivity (Wildman–Crippen MR) is 72.9 cm³/mol. The first kappa shape index (κ1) is 15.8. The summed E-state index contributed by atoms with van der Waals surface area (Å²) >= 11 is 0. The molecule has 7 heteroatoms. The summed E-state index contributed by atoms with van der Waals surface area (Å²) in [6.07, 6.45) is -1.20. The van der Waals surface area contributed by atoms with Gasteiger partial charge in [-0.25, -0.2) is 9.59 Å². The molecule has 1 aromatic rings. The van der Waals surface area contributed by atoms with E-state index >= 15 is 0 Å². The molecular weight excluding hydrogens is 264 g/mol. The van der Waals surface area contributed by atoms with Crippen LogP contribution >= 0.6 is 0 Å². The topological polar surface area (TPSA) is 108 Å². The van der Waals surface area contributed by atoms with Gasteiger partial charge in [-0.3, -0.25) is 0 Å². The minimum Gasteiger partial charge on any atom is -0.494 e. The average molecular weight is 282 g/mol. The normalized spacial score (nSPS) is 13.2. The zero-order valence-electron chi connectivity index (χ0n) is 11.3. The summed E-state index contributed by atoms with van der Waals surface area (Å²) in [6.45, 7) is 3.69. The van der Waals surface area contributed by atoms with Crippen LogP contribution in [0.4, 0.5) is 10.5 Å². The van der Waals surface area contributed by atoms with E-state index in [1.165, 1.54) is 6.92 Å². The standard InChI is InChI=1S/C13H18N2O5/c1-3-20-10-6-4-9(5-7-10)14-13(19)15-11(8(2)16)12(17)18/h4-8,11,16H,3H2,1-2H3,(H,17,18)(H2,14,15,19)/t8-,11+/m1/s1. The van der Waals surface area contributed by atoms with Gasteiger partial charge < -0.3 is 25.6 Å². The summed E-state index contributed by atoms with van der Waals surface area (Å²) in [6, 6.07) is 4.55. The van der Waals surface area contributed by atoms with E-state index in [0.717, 1.165) is 0 Å². The fourth-order valence-corrected chi connectivity index (χ4v) is 1.50. The number of aliphatic carboxylic acids is 1. The number of aliphatic hydroxyl groups excluding tert-OH is 1. The molecule has 0 saturated heterocycles. The van der Waals surface area contributed by atoms with Gasteiger partial charge in [0.2, 0.25) is 0 Å². The van der Waals surface area contributed by atoms with Crippen LogP contribution in [0.2, 0.25) is 0 Å². The van der Waals surface area contributed by atoms with Gasteiger partial charge in [-0.05, 0) is 38.1 Å². The lowest BCUT2D eigenvalue weighted by molar-refractivity contribution is -0.141. The number of carbonyl (C=O) groups is 2. The van der Waals surface area contributed by atoms with Crippen molar-refractivity contribution in [1.82, 2.24) is 5.32 Å². The molecule has 2 atom stereocenters. The van der Waals surface area contributed by atoms with E-state index in [2.05, 4.69) is 10.6 Å². The zero-order chi connectivity index (χ0) is 15.1. The minimum absolute atomic E-state index is 0.487. The number of hydrogen-bond donors (Lipinski definition) is 4. The fraction of sp³-hybridized carbons (Fsp3) is 0.385. The SMILES string of the molecule is CCOc1ccc(NC(=O)N[C@H](C(=O)O)[C@@H](C)O)cc1. The van der Waals surface area contributed by atoms with Crippen LogP contribution in [0.3, 0.4) is 0 Å². The van der Waals surface area contributed by atoms with Crippen molar-refractivity contribution in [3.63, 3.8) is 0 Å². The minimum atomic E-state index is -1.36. The molecule has 0 aliphatic heterocycles. The number of ether oxygens (including phenoxy) is 1. The Kier molecular flexibility index (Phi) is 5.79. The van der Waals surface area contributed by atoms with E-state index in [4.69, 9.17) is 9.84 Å². The highest BCUT2D eigenvalue weighted by Crippen LogP contribution is 2.15. The number of urea groups is 1. The van der Waals surface area contributed by atoms with Gasteiger partial charge in [0.05, 0.1) is 12.7 Å². The zero-order valence-corrected chi connectivity index (χ0v) is 11.3. The number of carbonyl (C=O) groups excluding carboxylic acids is 1. The van der Waals surface area contributed by atoms with Crippen molar-refractivity contribution in [3.05, 3.63) is 24.3 Å². The Bertz CT molecular complexity index is 458. The first-order valence-electron chi connectivity index (χ1n) is 6.15. The molecule has 0 bridgehead atoms. The molecule has 0 aliphatic rings. The van der Waals surface area contributed by atoms with Crippen molar-refractivity contribution in [2.24, 2.45) is 0 Å². The Morgan fingerprint density at radius 1 is 1.30 bits per heavy atom. The van der Waals surface area contributed by atoms with Crippen LogP contribution in [0.5, 0.6) is 5.75 Å². The molecule has 0 unspecified atom stereocenters. The van der Waals surface area contributed by atoms with Crippen LogP contribution in [0.15, 0.2) is 24.3 Å². The molecule has 4 N–H and O–H groups in total. The second-order valence-corrected chi connectivity index (χ2v) is 4.11. The largest absolute Gasteiger partial charge is 0.494 e. The molecule has 0 spiro atoms. The molecule has 0 heterocycles. The van der Waals surface area contributed by atoms with E-state index in [0.29, 0.717) is 18.0 Å². The molecule has 1 aromatic carbocycles. The number of carboxylic acids is 1. The summed E-state index contributed by atoms with van der Waals surface area (Å²) in [5.74, 6) is -0.632. The van der Waals surface area contributed by atoms with Crippen LogP contribution in [0, 0.1) is 0 Å². The maximum absolute atomic E-state index is 11.6. The second kappa shape index (κ2) is 7.34. The van der Waals surface area contributed by atoms with Crippen molar-refractivity contribution < 1.29 is 24.5 Å². The Labute approximate surface area is 116 Å². The quantitative estimate of drug-likeness (QED) is 0.623. The maximum atomic E-state index is 11.6. The van der Waals surface area contributed by atoms with Crippen LogP contribution in [-0.2, 0) is 4.79 Å². The molecule has 20 heavy (non-hydrogen) atoms. The van der Waals surface area contributed by atoms with Gasteiger partial charge in [-0.15, -0.1) is 0 Å². The molecule has 1 rings (SSSR count). The molecule has 0 aliphatic carbocycles. The van der Waals surface area contributed by atoms with Crippen molar-refractivity contribution in [3.8, 4) is 5.75 Å².